The minimum atomic E-state index is -4.54. The van der Waals surface area contributed by atoms with Crippen LogP contribution in [0.3, 0.4) is 0 Å². The number of aliphatic hydroxyl groups excluding tert-OH is 1. The first-order chi connectivity index (χ1) is 8.35. The van der Waals surface area contributed by atoms with Crippen molar-refractivity contribution < 1.29 is 23.1 Å². The molecular weight excluding hydrogens is 273 g/mol. The van der Waals surface area contributed by atoms with Gasteiger partial charge in [-0.15, -0.1) is 0 Å². The van der Waals surface area contributed by atoms with E-state index < -0.39 is 31.8 Å². The van der Waals surface area contributed by atoms with Crippen LogP contribution in [0.1, 0.15) is 10.4 Å². The number of nitrogens with zero attached hydrogens (tertiary/aromatic N) is 2. The number of hydrogen-bond acceptors (Lipinski definition) is 3. The zero-order valence-electron chi connectivity index (χ0n) is 9.12. The molecule has 0 aliphatic heterocycles. The molecule has 1 rings (SSSR count). The van der Waals surface area contributed by atoms with Gasteiger partial charge in [0.25, 0.3) is 5.91 Å². The molecule has 1 heterocycles. The lowest BCUT2D eigenvalue weighted by atomic mass is 10.2. The highest BCUT2D eigenvalue weighted by atomic mass is 35.5. The first-order valence-corrected chi connectivity index (χ1v) is 5.29. The molecule has 0 aliphatic carbocycles. The molecule has 0 fully saturated rings. The van der Waals surface area contributed by atoms with Gasteiger partial charge in [-0.2, -0.15) is 13.2 Å². The highest BCUT2D eigenvalue weighted by Gasteiger charge is 2.33. The zero-order chi connectivity index (χ0) is 13.8. The molecule has 100 valence electrons. The van der Waals surface area contributed by atoms with Gasteiger partial charge in [-0.05, 0) is 6.07 Å². The molecule has 18 heavy (non-hydrogen) atoms. The number of rotatable bonds is 4. The molecule has 4 nitrogen and oxygen atoms in total. The lowest BCUT2D eigenvalue weighted by Crippen LogP contribution is -2.40. The number of aromatic nitrogens is 1. The van der Waals surface area contributed by atoms with Crippen LogP contribution < -0.4 is 0 Å². The van der Waals surface area contributed by atoms with Crippen molar-refractivity contribution in [2.24, 2.45) is 0 Å². The van der Waals surface area contributed by atoms with Gasteiger partial charge in [0.1, 0.15) is 6.54 Å². The fraction of sp³-hybridized carbons (Fsp3) is 0.400. The van der Waals surface area contributed by atoms with E-state index in [4.69, 9.17) is 16.7 Å². The van der Waals surface area contributed by atoms with Gasteiger partial charge in [-0.3, -0.25) is 9.78 Å². The molecular formula is C10H10ClF3N2O2. The lowest BCUT2D eigenvalue weighted by Gasteiger charge is -2.23. The van der Waals surface area contributed by atoms with E-state index in [1.54, 1.807) is 0 Å². The Kier molecular flexibility index (Phi) is 4.92. The fourth-order valence-corrected chi connectivity index (χ4v) is 1.51. The summed E-state index contributed by atoms with van der Waals surface area (Å²) in [5.74, 6) is -0.895. The summed E-state index contributed by atoms with van der Waals surface area (Å²) in [4.78, 5) is 16.0. The minimum absolute atomic E-state index is 0.0346. The maximum absolute atomic E-state index is 12.3. The van der Waals surface area contributed by atoms with E-state index >= 15 is 0 Å². The predicted molar refractivity (Wildman–Crippen MR) is 58.3 cm³/mol. The second kappa shape index (κ2) is 6.01. The summed E-state index contributed by atoms with van der Waals surface area (Å²) in [5.41, 5.74) is -0.0793. The largest absolute Gasteiger partial charge is 0.406 e. The van der Waals surface area contributed by atoms with Crippen molar-refractivity contribution in [3.8, 4) is 0 Å². The molecule has 0 radical (unpaired) electrons. The second-order valence-corrected chi connectivity index (χ2v) is 3.83. The van der Waals surface area contributed by atoms with Crippen molar-refractivity contribution >= 4 is 17.5 Å². The summed E-state index contributed by atoms with van der Waals surface area (Å²) in [7, 11) is 0. The molecule has 0 aliphatic rings. The molecule has 0 bridgehead atoms. The molecule has 0 saturated heterocycles. The van der Waals surface area contributed by atoms with Crippen molar-refractivity contribution in [2.45, 2.75) is 6.18 Å². The summed E-state index contributed by atoms with van der Waals surface area (Å²) >= 11 is 5.68. The molecule has 8 heteroatoms. The number of alkyl halides is 3. The van der Waals surface area contributed by atoms with Crippen molar-refractivity contribution in [2.75, 3.05) is 19.7 Å². The summed E-state index contributed by atoms with van der Waals surface area (Å²) in [6.07, 6.45) is -2.12. The van der Waals surface area contributed by atoms with Crippen LogP contribution in [0, 0.1) is 0 Å². The van der Waals surface area contributed by atoms with Gasteiger partial charge in [0.15, 0.2) is 0 Å². The number of halogens is 4. The molecule has 0 spiro atoms. The van der Waals surface area contributed by atoms with Crippen LogP contribution in [-0.2, 0) is 0 Å². The third kappa shape index (κ3) is 4.15. The van der Waals surface area contributed by atoms with Crippen LogP contribution in [0.5, 0.6) is 0 Å². The maximum Gasteiger partial charge on any atom is 0.406 e. The Morgan fingerprint density at radius 2 is 2.17 bits per heavy atom. The van der Waals surface area contributed by atoms with Crippen LogP contribution in [0.25, 0.3) is 0 Å². The van der Waals surface area contributed by atoms with Crippen molar-refractivity contribution in [3.63, 3.8) is 0 Å². The second-order valence-electron chi connectivity index (χ2n) is 3.42. The summed E-state index contributed by atoms with van der Waals surface area (Å²) in [5, 5.41) is 8.66. The molecule has 1 aromatic heterocycles. The van der Waals surface area contributed by atoms with Gasteiger partial charge in [0.2, 0.25) is 0 Å². The molecule has 1 aromatic rings. The number of pyridine rings is 1. The molecule has 0 aromatic carbocycles. The number of aliphatic hydroxyl groups is 1. The smallest absolute Gasteiger partial charge is 0.395 e. The summed E-state index contributed by atoms with van der Waals surface area (Å²) in [6.45, 7) is -2.42. The Morgan fingerprint density at radius 1 is 1.50 bits per heavy atom. The fourth-order valence-electron chi connectivity index (χ4n) is 1.31. The molecule has 0 atom stereocenters. The summed E-state index contributed by atoms with van der Waals surface area (Å²) in [6, 6.07) is 1.23. The Balaban J connectivity index is 2.93. The minimum Gasteiger partial charge on any atom is -0.395 e. The normalized spacial score (nSPS) is 11.4. The van der Waals surface area contributed by atoms with Gasteiger partial charge >= 0.3 is 6.18 Å². The lowest BCUT2D eigenvalue weighted by molar-refractivity contribution is -0.141. The zero-order valence-corrected chi connectivity index (χ0v) is 9.87. The number of carbonyl (C=O) groups excluding carboxylic acids is 1. The Bertz CT molecular complexity index is 426. The van der Waals surface area contributed by atoms with E-state index in [2.05, 4.69) is 4.98 Å². The summed E-state index contributed by atoms with van der Waals surface area (Å²) < 4.78 is 36.9. The van der Waals surface area contributed by atoms with Gasteiger partial charge in [-0.25, -0.2) is 0 Å². The molecule has 0 saturated carbocycles. The van der Waals surface area contributed by atoms with E-state index in [-0.39, 0.29) is 10.6 Å². The van der Waals surface area contributed by atoms with E-state index in [0.717, 1.165) is 0 Å². The van der Waals surface area contributed by atoms with E-state index in [0.29, 0.717) is 4.90 Å². The van der Waals surface area contributed by atoms with Crippen LogP contribution in [-0.4, -0.2) is 46.8 Å². The van der Waals surface area contributed by atoms with Crippen molar-refractivity contribution in [1.82, 2.24) is 9.88 Å². The first kappa shape index (κ1) is 14.7. The van der Waals surface area contributed by atoms with Gasteiger partial charge in [0.05, 0.1) is 17.2 Å². The van der Waals surface area contributed by atoms with Crippen LogP contribution in [0.4, 0.5) is 13.2 Å². The average Bonchev–Trinajstić information content (AvgIpc) is 2.26. The Labute approximate surface area is 106 Å². The quantitative estimate of drug-likeness (QED) is 0.915. The average molecular weight is 283 g/mol. The van der Waals surface area contributed by atoms with E-state index in [1.807, 2.05) is 0 Å². The highest BCUT2D eigenvalue weighted by Crippen LogP contribution is 2.20. The van der Waals surface area contributed by atoms with Crippen LogP contribution >= 0.6 is 11.6 Å². The monoisotopic (exact) mass is 282 g/mol. The Morgan fingerprint density at radius 3 is 2.67 bits per heavy atom. The van der Waals surface area contributed by atoms with Gasteiger partial charge < -0.3 is 10.0 Å². The first-order valence-electron chi connectivity index (χ1n) is 4.91. The highest BCUT2D eigenvalue weighted by molar-refractivity contribution is 6.33. The molecule has 1 N–H and O–H groups in total. The molecule has 1 amide bonds. The third-order valence-electron chi connectivity index (χ3n) is 2.03. The SMILES string of the molecule is O=C(c1ccncc1Cl)N(CCO)CC(F)(F)F. The molecule has 0 unspecified atom stereocenters. The number of amides is 1. The van der Waals surface area contributed by atoms with Crippen LogP contribution in [0.15, 0.2) is 18.5 Å². The number of hydrogen-bond donors (Lipinski definition) is 1. The van der Waals surface area contributed by atoms with Gasteiger partial charge in [0, 0.05) is 18.9 Å². The van der Waals surface area contributed by atoms with E-state index in [1.165, 1.54) is 18.5 Å². The Hall–Kier alpha value is -1.34. The van der Waals surface area contributed by atoms with Gasteiger partial charge in [-0.1, -0.05) is 11.6 Å². The standard InChI is InChI=1S/C10H10ClF3N2O2/c11-8-5-15-2-1-7(8)9(18)16(3-4-17)6-10(12,13)14/h1-2,5,17H,3-4,6H2. The number of carbonyl (C=O) groups is 1. The predicted octanol–water partition coefficient (Wildman–Crippen LogP) is 1.73. The maximum atomic E-state index is 12.3. The van der Waals surface area contributed by atoms with Crippen molar-refractivity contribution in [1.29, 1.82) is 0 Å². The third-order valence-corrected chi connectivity index (χ3v) is 2.33. The topological polar surface area (TPSA) is 53.4 Å². The van der Waals surface area contributed by atoms with E-state index in [9.17, 15) is 18.0 Å². The van der Waals surface area contributed by atoms with Crippen molar-refractivity contribution in [3.05, 3.63) is 29.0 Å². The van der Waals surface area contributed by atoms with Crippen LogP contribution in [0.2, 0.25) is 5.02 Å².